The van der Waals surface area contributed by atoms with E-state index in [1.165, 1.54) is 30.2 Å². The predicted molar refractivity (Wildman–Crippen MR) is 293 cm³/mol. The fraction of sp³-hybridized carbons (Fsp3) is 0.491. The summed E-state index contributed by atoms with van der Waals surface area (Å²) in [6.07, 6.45) is -2.93. The molecule has 4 rings (SSSR count). The van der Waals surface area contributed by atoms with Crippen LogP contribution in [-0.2, 0) is 48.6 Å². The fourth-order valence-corrected chi connectivity index (χ4v) is 7.83. The SMILES string of the molecule is [C-]#[N+]c1c(N)nc(SCc2coc(-c3ccc(Cl)cc3)n2)c(C#N)c1-c1ccc(OC[C@@H](COC(=O)[C@H](CCCC(=O)OC(C)(C)C)NC(=O)OC(C)(C)C)OC(=O)[C@H](CCNC(=O)OC(C)(C)C)NC(=O)OC(C)(C)C)cc1. The minimum Gasteiger partial charge on any atom is -0.490 e. The van der Waals surface area contributed by atoms with E-state index in [4.69, 9.17) is 61.5 Å². The molecule has 0 aliphatic heterocycles. The second-order valence-electron chi connectivity index (χ2n) is 21.7. The molecular formula is C55H69ClN8O14S. The van der Waals surface area contributed by atoms with Gasteiger partial charge in [-0.3, -0.25) is 4.79 Å². The van der Waals surface area contributed by atoms with E-state index in [2.05, 4.69) is 36.8 Å². The smallest absolute Gasteiger partial charge is 0.408 e. The Bertz CT molecular complexity index is 2860. The Morgan fingerprint density at radius 2 is 1.32 bits per heavy atom. The molecule has 2 aromatic carbocycles. The average Bonchev–Trinajstić information content (AvgIpc) is 3.87. The maximum atomic E-state index is 14.1. The zero-order chi connectivity index (χ0) is 58.9. The summed E-state index contributed by atoms with van der Waals surface area (Å²) in [6.45, 7) is 26.6. The number of hydrogen-bond acceptors (Lipinski definition) is 19. The number of pyridine rings is 1. The number of nitriles is 1. The van der Waals surface area contributed by atoms with Crippen molar-refractivity contribution in [2.45, 2.75) is 160 Å². The van der Waals surface area contributed by atoms with Gasteiger partial charge in [0.2, 0.25) is 11.6 Å². The average molecular weight is 1130 g/mol. The number of ether oxygens (including phenoxy) is 7. The summed E-state index contributed by atoms with van der Waals surface area (Å²) >= 11 is 7.20. The van der Waals surface area contributed by atoms with Gasteiger partial charge in [0, 0.05) is 34.9 Å². The van der Waals surface area contributed by atoms with E-state index in [9.17, 15) is 34.0 Å². The lowest BCUT2D eigenvalue weighted by Crippen LogP contribution is -2.48. The van der Waals surface area contributed by atoms with Crippen LogP contribution in [-0.4, -0.2) is 107 Å². The van der Waals surface area contributed by atoms with Crippen LogP contribution in [0.1, 0.15) is 120 Å². The number of alkyl carbamates (subject to hydrolysis) is 3. The van der Waals surface area contributed by atoms with Crippen molar-refractivity contribution in [2.75, 3.05) is 25.5 Å². The first-order valence-electron chi connectivity index (χ1n) is 25.0. The van der Waals surface area contributed by atoms with Crippen molar-refractivity contribution < 1.29 is 66.3 Å². The van der Waals surface area contributed by atoms with Crippen LogP contribution in [0.2, 0.25) is 5.02 Å². The molecular weight excluding hydrogens is 1060 g/mol. The van der Waals surface area contributed by atoms with E-state index < -0.39 is 90.0 Å². The molecule has 0 radical (unpaired) electrons. The number of carbonyl (C=O) groups excluding carboxylic acids is 6. The minimum absolute atomic E-state index is 0.0602. The molecule has 22 nitrogen and oxygen atoms in total. The largest absolute Gasteiger partial charge is 0.490 e. The summed E-state index contributed by atoms with van der Waals surface area (Å²) < 4.78 is 44.8. The van der Waals surface area contributed by atoms with Crippen LogP contribution in [0.15, 0.2) is 64.2 Å². The van der Waals surface area contributed by atoms with Crippen LogP contribution in [0.5, 0.6) is 5.75 Å². The summed E-state index contributed by atoms with van der Waals surface area (Å²) in [5, 5.41) is 18.8. The van der Waals surface area contributed by atoms with Crippen LogP contribution >= 0.6 is 23.4 Å². The number of aromatic nitrogens is 2. The van der Waals surface area contributed by atoms with Gasteiger partial charge in [-0.05, 0) is 144 Å². The Morgan fingerprint density at radius 1 is 0.759 bits per heavy atom. The van der Waals surface area contributed by atoms with Crippen molar-refractivity contribution in [1.29, 1.82) is 5.26 Å². The molecule has 2 aromatic heterocycles. The quantitative estimate of drug-likeness (QED) is 0.0246. The number of carbonyl (C=O) groups is 6. The van der Waals surface area contributed by atoms with Crippen LogP contribution in [0, 0.1) is 17.9 Å². The molecule has 0 saturated carbocycles. The number of rotatable bonds is 22. The number of thioether (sulfide) groups is 1. The number of anilines is 1. The number of nitrogens with two attached hydrogens (primary N) is 1. The van der Waals surface area contributed by atoms with Crippen molar-refractivity contribution >= 4 is 71.1 Å². The number of oxazole rings is 1. The van der Waals surface area contributed by atoms with Crippen molar-refractivity contribution in [3.8, 4) is 34.4 Å². The first-order valence-corrected chi connectivity index (χ1v) is 26.4. The van der Waals surface area contributed by atoms with Crippen LogP contribution in [0.25, 0.3) is 27.4 Å². The Morgan fingerprint density at radius 3 is 1.87 bits per heavy atom. The van der Waals surface area contributed by atoms with E-state index in [0.29, 0.717) is 27.7 Å². The third-order valence-electron chi connectivity index (χ3n) is 10.0. The molecule has 3 amide bonds. The maximum absolute atomic E-state index is 14.1. The van der Waals surface area contributed by atoms with Crippen molar-refractivity contribution in [3.05, 3.63) is 82.5 Å². The maximum Gasteiger partial charge on any atom is 0.408 e. The lowest BCUT2D eigenvalue weighted by atomic mass is 10.00. The number of hydrogen-bond donors (Lipinski definition) is 4. The molecule has 79 heavy (non-hydrogen) atoms. The Labute approximate surface area is 469 Å². The number of esters is 3. The lowest BCUT2D eigenvalue weighted by Gasteiger charge is -2.26. The molecule has 426 valence electrons. The topological polar surface area (TPSA) is 296 Å². The second-order valence-corrected chi connectivity index (χ2v) is 23.1. The highest BCUT2D eigenvalue weighted by Crippen LogP contribution is 2.42. The van der Waals surface area contributed by atoms with Gasteiger partial charge in [0.05, 0.1) is 17.8 Å². The van der Waals surface area contributed by atoms with Gasteiger partial charge in [0.25, 0.3) is 0 Å². The van der Waals surface area contributed by atoms with Crippen molar-refractivity contribution in [2.24, 2.45) is 0 Å². The first-order chi connectivity index (χ1) is 36.8. The third kappa shape index (κ3) is 22.6. The van der Waals surface area contributed by atoms with E-state index in [-0.39, 0.29) is 71.4 Å². The molecule has 0 saturated heterocycles. The number of nitrogen functional groups attached to an aromatic ring is 1. The number of benzene rings is 2. The number of nitrogens with one attached hydrogen (secondary N) is 3. The zero-order valence-electron chi connectivity index (χ0n) is 46.5. The molecule has 24 heteroatoms. The Kier molecular flexibility index (Phi) is 22.8. The second kappa shape index (κ2) is 28.2. The Hall–Kier alpha value is -7.76. The molecule has 2 heterocycles. The zero-order valence-corrected chi connectivity index (χ0v) is 48.0. The van der Waals surface area contributed by atoms with Crippen LogP contribution < -0.4 is 26.4 Å². The summed E-state index contributed by atoms with van der Waals surface area (Å²) in [4.78, 5) is 91.5. The monoisotopic (exact) mass is 1130 g/mol. The number of nitrogens with zero attached hydrogens (tertiary/aromatic N) is 4. The van der Waals surface area contributed by atoms with Gasteiger partial charge in [-0.15, -0.1) is 0 Å². The van der Waals surface area contributed by atoms with E-state index in [0.717, 1.165) is 0 Å². The number of halogens is 1. The molecule has 5 N–H and O–H groups in total. The molecule has 4 aromatic rings. The van der Waals surface area contributed by atoms with Crippen LogP contribution in [0.4, 0.5) is 25.9 Å². The molecule has 0 aliphatic rings. The van der Waals surface area contributed by atoms with Gasteiger partial charge in [-0.2, -0.15) is 5.26 Å². The van der Waals surface area contributed by atoms with Gasteiger partial charge in [0.1, 0.15) is 76.6 Å². The predicted octanol–water partition coefficient (Wildman–Crippen LogP) is 10.4. The van der Waals surface area contributed by atoms with Crippen LogP contribution in [0.3, 0.4) is 0 Å². The molecule has 0 spiro atoms. The molecule has 0 unspecified atom stereocenters. The van der Waals surface area contributed by atoms with Crippen molar-refractivity contribution in [3.63, 3.8) is 0 Å². The summed E-state index contributed by atoms with van der Waals surface area (Å²) in [5.41, 5.74) is 4.72. The molecule has 0 fully saturated rings. The first kappa shape index (κ1) is 63.8. The number of amides is 3. The standard InChI is InChI=1S/C55H69ClN8O14S/c1-52(2,3)75-41(65)16-14-15-39(62-50(69)77-54(7,8)9)47(66)73-30-37(74-48(67)40(63-51(70)78-55(10,11)12)25-26-60-49(68)76-53(4,5)6)29-71-36-23-19-32(20-24-36)42-38(27-57)46(64-44(58)43(42)59-13)79-31-35-28-72-45(61-35)33-17-21-34(56)22-18-33/h17-24,28,37,39-40H,14-16,25-26,29-31H2,1-12H3,(H2,58,64)(H,60,68)(H,62,69)(H,63,70)/t37-,39-,40-/m0/s1. The Balaban J connectivity index is 1.62. The van der Waals surface area contributed by atoms with Gasteiger partial charge < -0.3 is 59.3 Å². The molecule has 0 aliphatic carbocycles. The third-order valence-corrected chi connectivity index (χ3v) is 11.3. The molecule has 3 atom stereocenters. The molecule has 0 bridgehead atoms. The highest BCUT2D eigenvalue weighted by Gasteiger charge is 2.32. The fourth-order valence-electron chi connectivity index (χ4n) is 6.83. The minimum atomic E-state index is -1.44. The highest BCUT2D eigenvalue weighted by atomic mass is 35.5. The van der Waals surface area contributed by atoms with E-state index >= 15 is 0 Å². The van der Waals surface area contributed by atoms with Crippen molar-refractivity contribution in [1.82, 2.24) is 25.9 Å². The van der Waals surface area contributed by atoms with Gasteiger partial charge in [-0.1, -0.05) is 35.5 Å². The summed E-state index contributed by atoms with van der Waals surface area (Å²) in [6, 6.07) is 12.5. The van der Waals surface area contributed by atoms with E-state index in [1.807, 2.05) is 0 Å². The normalized spacial score (nSPS) is 12.7. The lowest BCUT2D eigenvalue weighted by molar-refractivity contribution is -0.163. The van der Waals surface area contributed by atoms with Gasteiger partial charge in [-0.25, -0.2) is 38.8 Å². The summed E-state index contributed by atoms with van der Waals surface area (Å²) in [7, 11) is 0. The highest BCUT2D eigenvalue weighted by molar-refractivity contribution is 7.98. The van der Waals surface area contributed by atoms with Gasteiger partial charge >= 0.3 is 36.2 Å². The summed E-state index contributed by atoms with van der Waals surface area (Å²) in [5.74, 6) is -1.87. The van der Waals surface area contributed by atoms with E-state index in [1.54, 1.807) is 119 Å². The van der Waals surface area contributed by atoms with Gasteiger partial charge in [0.15, 0.2) is 6.10 Å².